The molecule has 0 saturated heterocycles. The van der Waals surface area contributed by atoms with E-state index in [4.69, 9.17) is 14.2 Å². The number of carbonyl (C=O) groups is 3. The van der Waals surface area contributed by atoms with E-state index in [2.05, 4.69) is 93.7 Å². The molecule has 0 spiro atoms. The second-order valence-corrected chi connectivity index (χ2v) is 18.8. The Bertz CT molecular complexity index is 1320. The minimum atomic E-state index is -0.831. The summed E-state index contributed by atoms with van der Waals surface area (Å²) >= 11 is 0. The van der Waals surface area contributed by atoms with Gasteiger partial charge < -0.3 is 14.2 Å². The molecule has 0 aromatic heterocycles. The van der Waals surface area contributed by atoms with Crippen LogP contribution < -0.4 is 0 Å². The van der Waals surface area contributed by atoms with Crippen LogP contribution in [0.15, 0.2) is 85.1 Å². The van der Waals surface area contributed by atoms with E-state index in [0.717, 1.165) is 77.0 Å². The Balaban J connectivity index is 4.44. The van der Waals surface area contributed by atoms with Crippen molar-refractivity contribution in [3.63, 3.8) is 0 Å². The monoisotopic (exact) mass is 947 g/mol. The number of unbranched alkanes of at least 4 members (excludes halogenated alkanes) is 27. The first kappa shape index (κ1) is 64.6. The third kappa shape index (κ3) is 53.5. The fourth-order valence-corrected chi connectivity index (χ4v) is 7.90. The number of rotatable bonds is 51. The zero-order chi connectivity index (χ0) is 49.3. The van der Waals surface area contributed by atoms with Gasteiger partial charge in [0.05, 0.1) is 6.42 Å². The summed E-state index contributed by atoms with van der Waals surface area (Å²) in [4.78, 5) is 38.1. The number of allylic oxidation sites excluding steroid dienone is 13. The van der Waals surface area contributed by atoms with Gasteiger partial charge in [-0.3, -0.25) is 14.4 Å². The van der Waals surface area contributed by atoms with E-state index in [1.54, 1.807) is 6.08 Å². The molecule has 68 heavy (non-hydrogen) atoms. The summed E-state index contributed by atoms with van der Waals surface area (Å²) in [5.74, 6) is -1.04. The minimum Gasteiger partial charge on any atom is -0.462 e. The molecular formula is C62H106O6. The van der Waals surface area contributed by atoms with E-state index in [9.17, 15) is 14.4 Å². The molecule has 390 valence electrons. The van der Waals surface area contributed by atoms with Gasteiger partial charge in [0, 0.05) is 12.8 Å². The lowest BCUT2D eigenvalue weighted by molar-refractivity contribution is -0.166. The standard InChI is InChI=1S/C62H106O6/c1-4-7-10-13-16-19-22-25-28-29-30-31-32-33-35-37-40-43-46-49-52-55-61(64)67-58-59(57-66-60(63)54-51-48-45-42-39-36-27-24-21-18-15-12-9-6-3)68-62(65)56-53-50-47-44-41-38-34-26-23-20-17-14-11-8-5-2/h8,11,17,20,22,25-26,29-30,34,41,44,50,53,59H,4-7,9-10,12-16,18-19,21,23-24,27-28,31-33,35-40,42-43,45-49,51-52,54-58H2,1-3H3/b11-8-,20-17-,25-22-,30-29-,34-26-,44-41-,53-50-. The molecule has 0 saturated carbocycles. The van der Waals surface area contributed by atoms with Crippen molar-refractivity contribution in [2.45, 2.75) is 277 Å². The highest BCUT2D eigenvalue weighted by molar-refractivity contribution is 5.72. The normalized spacial score (nSPS) is 12.7. The van der Waals surface area contributed by atoms with Crippen LogP contribution in [0.2, 0.25) is 0 Å². The highest BCUT2D eigenvalue weighted by atomic mass is 16.6. The Morgan fingerprint density at radius 3 is 0.971 bits per heavy atom. The SMILES string of the molecule is CC/C=C\C/C=C\C/C=C\C/C=C\C/C=C\CC(=O)OC(COC(=O)CCCCCCCCCCC/C=C\C/C=C\CCCCCCC)COC(=O)CCCCCCCCCCCCCCCC. The van der Waals surface area contributed by atoms with Gasteiger partial charge in [0.15, 0.2) is 6.10 Å². The smallest absolute Gasteiger partial charge is 0.310 e. The lowest BCUT2D eigenvalue weighted by Crippen LogP contribution is -2.30. The molecular weight excluding hydrogens is 841 g/mol. The number of ether oxygens (including phenoxy) is 3. The second kappa shape index (κ2) is 56.2. The molecule has 0 radical (unpaired) electrons. The third-order valence-electron chi connectivity index (χ3n) is 12.2. The molecule has 0 aliphatic carbocycles. The van der Waals surface area contributed by atoms with Crippen LogP contribution in [0.1, 0.15) is 271 Å². The average molecular weight is 948 g/mol. The van der Waals surface area contributed by atoms with Crippen molar-refractivity contribution >= 4 is 17.9 Å². The van der Waals surface area contributed by atoms with E-state index < -0.39 is 12.1 Å². The van der Waals surface area contributed by atoms with Gasteiger partial charge >= 0.3 is 17.9 Å². The van der Waals surface area contributed by atoms with Crippen LogP contribution in [-0.2, 0) is 28.6 Å². The van der Waals surface area contributed by atoms with E-state index in [1.165, 1.54) is 154 Å². The third-order valence-corrected chi connectivity index (χ3v) is 12.2. The Kier molecular flexibility index (Phi) is 53.4. The molecule has 0 aliphatic rings. The van der Waals surface area contributed by atoms with Gasteiger partial charge in [-0.25, -0.2) is 0 Å². The molecule has 1 atom stereocenters. The van der Waals surface area contributed by atoms with Gasteiger partial charge in [0.1, 0.15) is 13.2 Å². The maximum absolute atomic E-state index is 12.8. The van der Waals surface area contributed by atoms with E-state index in [1.807, 2.05) is 6.08 Å². The van der Waals surface area contributed by atoms with Gasteiger partial charge in [-0.2, -0.15) is 0 Å². The van der Waals surface area contributed by atoms with E-state index >= 15 is 0 Å². The Labute approximate surface area is 420 Å². The van der Waals surface area contributed by atoms with Crippen molar-refractivity contribution in [3.05, 3.63) is 85.1 Å². The largest absolute Gasteiger partial charge is 0.462 e. The van der Waals surface area contributed by atoms with Crippen LogP contribution in [0.25, 0.3) is 0 Å². The predicted octanol–water partition coefficient (Wildman–Crippen LogP) is 19.2. The molecule has 0 aliphatic heterocycles. The van der Waals surface area contributed by atoms with Crippen molar-refractivity contribution in [1.82, 2.24) is 0 Å². The van der Waals surface area contributed by atoms with Gasteiger partial charge in [-0.15, -0.1) is 0 Å². The molecule has 6 heteroatoms. The summed E-state index contributed by atoms with van der Waals surface area (Å²) in [6.07, 6.45) is 73.1. The first-order valence-electron chi connectivity index (χ1n) is 28.6. The predicted molar refractivity (Wildman–Crippen MR) is 293 cm³/mol. The molecule has 0 aromatic carbocycles. The molecule has 0 aromatic rings. The summed E-state index contributed by atoms with van der Waals surface area (Å²) in [6, 6.07) is 0. The first-order chi connectivity index (χ1) is 33.5. The van der Waals surface area contributed by atoms with Gasteiger partial charge in [-0.1, -0.05) is 260 Å². The molecule has 0 fully saturated rings. The summed E-state index contributed by atoms with van der Waals surface area (Å²) in [5.41, 5.74) is 0. The van der Waals surface area contributed by atoms with Gasteiger partial charge in [0.2, 0.25) is 0 Å². The highest BCUT2D eigenvalue weighted by Gasteiger charge is 2.19. The summed E-state index contributed by atoms with van der Waals surface area (Å²) in [7, 11) is 0. The fraction of sp³-hybridized carbons (Fsp3) is 0.726. The summed E-state index contributed by atoms with van der Waals surface area (Å²) < 4.78 is 16.7. The number of hydrogen-bond acceptors (Lipinski definition) is 6. The molecule has 0 N–H and O–H groups in total. The van der Waals surface area contributed by atoms with Crippen LogP contribution in [0.3, 0.4) is 0 Å². The van der Waals surface area contributed by atoms with Crippen molar-refractivity contribution in [2.75, 3.05) is 13.2 Å². The zero-order valence-corrected chi connectivity index (χ0v) is 44.6. The Morgan fingerprint density at radius 1 is 0.324 bits per heavy atom. The van der Waals surface area contributed by atoms with E-state index in [-0.39, 0.29) is 31.6 Å². The van der Waals surface area contributed by atoms with Crippen LogP contribution >= 0.6 is 0 Å². The van der Waals surface area contributed by atoms with Crippen molar-refractivity contribution in [1.29, 1.82) is 0 Å². The fourth-order valence-electron chi connectivity index (χ4n) is 7.90. The summed E-state index contributed by atoms with van der Waals surface area (Å²) in [5, 5.41) is 0. The lowest BCUT2D eigenvalue weighted by Gasteiger charge is -2.18. The lowest BCUT2D eigenvalue weighted by atomic mass is 10.0. The van der Waals surface area contributed by atoms with Gasteiger partial charge in [0.25, 0.3) is 0 Å². The average Bonchev–Trinajstić information content (AvgIpc) is 3.34. The molecule has 0 rings (SSSR count). The number of hydrogen-bond donors (Lipinski definition) is 0. The van der Waals surface area contributed by atoms with E-state index in [0.29, 0.717) is 12.8 Å². The van der Waals surface area contributed by atoms with Crippen molar-refractivity contribution < 1.29 is 28.6 Å². The quantitative estimate of drug-likeness (QED) is 0.0262. The maximum atomic E-state index is 12.8. The van der Waals surface area contributed by atoms with Crippen molar-refractivity contribution in [2.24, 2.45) is 0 Å². The number of carbonyl (C=O) groups excluding carboxylic acids is 3. The Morgan fingerprint density at radius 2 is 0.618 bits per heavy atom. The van der Waals surface area contributed by atoms with Crippen LogP contribution in [0, 0.1) is 0 Å². The molecule has 1 unspecified atom stereocenters. The maximum Gasteiger partial charge on any atom is 0.310 e. The first-order valence-corrected chi connectivity index (χ1v) is 28.6. The van der Waals surface area contributed by atoms with Crippen molar-refractivity contribution in [3.8, 4) is 0 Å². The topological polar surface area (TPSA) is 78.9 Å². The molecule has 0 heterocycles. The molecule has 6 nitrogen and oxygen atoms in total. The molecule has 0 bridgehead atoms. The van der Waals surface area contributed by atoms with Gasteiger partial charge in [-0.05, 0) is 77.0 Å². The minimum absolute atomic E-state index is 0.0970. The number of esters is 3. The second-order valence-electron chi connectivity index (χ2n) is 18.8. The highest BCUT2D eigenvalue weighted by Crippen LogP contribution is 2.15. The Hall–Kier alpha value is -3.41. The van der Waals surface area contributed by atoms with Crippen LogP contribution in [0.5, 0.6) is 0 Å². The van der Waals surface area contributed by atoms with Crippen LogP contribution in [-0.4, -0.2) is 37.2 Å². The zero-order valence-electron chi connectivity index (χ0n) is 44.6. The van der Waals surface area contributed by atoms with Crippen LogP contribution in [0.4, 0.5) is 0 Å². The summed E-state index contributed by atoms with van der Waals surface area (Å²) in [6.45, 7) is 6.44. The molecule has 0 amide bonds.